The maximum absolute atomic E-state index is 12.1. The molecule has 2 heterocycles. The molecule has 2 aromatic heterocycles. The van der Waals surface area contributed by atoms with E-state index in [0.717, 1.165) is 22.8 Å². The van der Waals surface area contributed by atoms with E-state index in [0.29, 0.717) is 12.1 Å². The number of halogens is 1. The summed E-state index contributed by atoms with van der Waals surface area (Å²) in [5, 5.41) is -0.511. The van der Waals surface area contributed by atoms with E-state index >= 15 is 0 Å². The first kappa shape index (κ1) is 14.7. The summed E-state index contributed by atoms with van der Waals surface area (Å²) in [6, 6.07) is 1.89. The molecule has 1 unspecified atom stereocenters. The molecule has 0 amide bonds. The van der Waals surface area contributed by atoms with E-state index < -0.39 is 5.38 Å². The number of ketones is 1. The number of alkyl halides is 1. The van der Waals surface area contributed by atoms with Crippen molar-refractivity contribution in [2.75, 3.05) is 0 Å². The van der Waals surface area contributed by atoms with Gasteiger partial charge in [0.2, 0.25) is 0 Å². The second-order valence-electron chi connectivity index (χ2n) is 5.00. The van der Waals surface area contributed by atoms with Crippen LogP contribution in [-0.4, -0.2) is 25.7 Å². The van der Waals surface area contributed by atoms with E-state index in [1.807, 2.05) is 26.8 Å². The smallest absolute Gasteiger partial charge is 0.182 e. The number of hydrogen-bond donors (Lipinski definition) is 0. The molecule has 5 heteroatoms. The molecule has 0 aromatic carbocycles. The lowest BCUT2D eigenvalue weighted by Gasteiger charge is -2.09. The lowest BCUT2D eigenvalue weighted by molar-refractivity contribution is 0.0991. The standard InChI is InChI=1S/C15H18ClN3O/c1-9-6-18-13(7-17-9)8-19-10(2)5-14(12(19)4)15(20)11(3)16/h5-7,11H,8H2,1-4H3. The van der Waals surface area contributed by atoms with Crippen LogP contribution in [-0.2, 0) is 6.54 Å². The van der Waals surface area contributed by atoms with Gasteiger partial charge in [-0.3, -0.25) is 14.8 Å². The summed E-state index contributed by atoms with van der Waals surface area (Å²) in [5.74, 6) is -0.0407. The Labute approximate surface area is 123 Å². The Balaban J connectivity index is 2.33. The van der Waals surface area contributed by atoms with E-state index in [4.69, 9.17) is 11.6 Å². The van der Waals surface area contributed by atoms with Crippen LogP contribution < -0.4 is 0 Å². The predicted molar refractivity (Wildman–Crippen MR) is 79.4 cm³/mol. The van der Waals surface area contributed by atoms with Crippen molar-refractivity contribution in [2.45, 2.75) is 39.6 Å². The molecule has 0 radical (unpaired) electrons. The fraction of sp³-hybridized carbons (Fsp3) is 0.400. The van der Waals surface area contributed by atoms with Crippen LogP contribution in [0.5, 0.6) is 0 Å². The highest BCUT2D eigenvalue weighted by molar-refractivity contribution is 6.33. The van der Waals surface area contributed by atoms with Crippen LogP contribution in [0.3, 0.4) is 0 Å². The minimum atomic E-state index is -0.511. The van der Waals surface area contributed by atoms with Crippen LogP contribution in [0.1, 0.15) is 40.1 Å². The summed E-state index contributed by atoms with van der Waals surface area (Å²) in [7, 11) is 0. The third kappa shape index (κ3) is 2.90. The minimum Gasteiger partial charge on any atom is -0.342 e. The normalized spacial score (nSPS) is 12.4. The Morgan fingerprint density at radius 2 is 2.00 bits per heavy atom. The first-order valence-corrected chi connectivity index (χ1v) is 6.96. The molecule has 0 aliphatic carbocycles. The van der Waals surface area contributed by atoms with Crippen molar-refractivity contribution in [3.63, 3.8) is 0 Å². The van der Waals surface area contributed by atoms with Gasteiger partial charge in [-0.2, -0.15) is 0 Å². The molecule has 0 aliphatic rings. The molecule has 2 aromatic rings. The highest BCUT2D eigenvalue weighted by atomic mass is 35.5. The van der Waals surface area contributed by atoms with Crippen molar-refractivity contribution < 1.29 is 4.79 Å². The summed E-state index contributed by atoms with van der Waals surface area (Å²) >= 11 is 5.89. The monoisotopic (exact) mass is 291 g/mol. The molecule has 2 rings (SSSR count). The summed E-state index contributed by atoms with van der Waals surface area (Å²) in [5.41, 5.74) is 4.38. The van der Waals surface area contributed by atoms with Gasteiger partial charge in [0.1, 0.15) is 0 Å². The maximum Gasteiger partial charge on any atom is 0.182 e. The number of nitrogens with zero attached hydrogens (tertiary/aromatic N) is 3. The Kier molecular flexibility index (Phi) is 4.23. The summed E-state index contributed by atoms with van der Waals surface area (Å²) in [4.78, 5) is 20.6. The van der Waals surface area contributed by atoms with Gasteiger partial charge in [-0.15, -0.1) is 11.6 Å². The van der Waals surface area contributed by atoms with Crippen LogP contribution in [0.4, 0.5) is 0 Å². The molecule has 0 aliphatic heterocycles. The van der Waals surface area contributed by atoms with E-state index in [9.17, 15) is 4.79 Å². The fourth-order valence-electron chi connectivity index (χ4n) is 2.17. The first-order valence-electron chi connectivity index (χ1n) is 6.52. The number of hydrogen-bond acceptors (Lipinski definition) is 3. The molecule has 0 N–H and O–H groups in total. The minimum absolute atomic E-state index is 0.0407. The van der Waals surface area contributed by atoms with Crippen molar-refractivity contribution in [1.82, 2.24) is 14.5 Å². The van der Waals surface area contributed by atoms with Gasteiger partial charge in [0.15, 0.2) is 5.78 Å². The molecule has 0 bridgehead atoms. The second-order valence-corrected chi connectivity index (χ2v) is 5.65. The Bertz CT molecular complexity index is 629. The number of aromatic nitrogens is 3. The number of Topliss-reactive ketones (excluding diaryl/α,β-unsaturated/α-hetero) is 1. The highest BCUT2D eigenvalue weighted by Gasteiger charge is 2.19. The van der Waals surface area contributed by atoms with Gasteiger partial charge in [-0.05, 0) is 33.8 Å². The molecular formula is C15H18ClN3O. The zero-order valence-corrected chi connectivity index (χ0v) is 12.9. The third-order valence-corrected chi connectivity index (χ3v) is 3.55. The SMILES string of the molecule is Cc1cnc(Cn2c(C)cc(C(=O)C(C)Cl)c2C)cn1. The zero-order chi connectivity index (χ0) is 14.9. The topological polar surface area (TPSA) is 47.8 Å². The van der Waals surface area contributed by atoms with Crippen molar-refractivity contribution >= 4 is 17.4 Å². The van der Waals surface area contributed by atoms with E-state index in [-0.39, 0.29) is 5.78 Å². The summed E-state index contributed by atoms with van der Waals surface area (Å²) < 4.78 is 2.06. The van der Waals surface area contributed by atoms with Crippen molar-refractivity contribution in [2.24, 2.45) is 0 Å². The fourth-order valence-corrected chi connectivity index (χ4v) is 2.29. The van der Waals surface area contributed by atoms with Gasteiger partial charge in [0, 0.05) is 23.1 Å². The molecular weight excluding hydrogens is 274 g/mol. The van der Waals surface area contributed by atoms with Crippen LogP contribution >= 0.6 is 11.6 Å². The Hall–Kier alpha value is -1.68. The lowest BCUT2D eigenvalue weighted by Crippen LogP contribution is -2.12. The van der Waals surface area contributed by atoms with E-state index in [1.165, 1.54) is 0 Å². The quantitative estimate of drug-likeness (QED) is 0.642. The van der Waals surface area contributed by atoms with Gasteiger partial charge >= 0.3 is 0 Å². The van der Waals surface area contributed by atoms with E-state index in [1.54, 1.807) is 19.3 Å². The van der Waals surface area contributed by atoms with Crippen LogP contribution in [0.15, 0.2) is 18.5 Å². The van der Waals surface area contributed by atoms with E-state index in [2.05, 4.69) is 14.5 Å². The van der Waals surface area contributed by atoms with Gasteiger partial charge in [0.05, 0.1) is 29.5 Å². The van der Waals surface area contributed by atoms with Gasteiger partial charge in [-0.25, -0.2) is 0 Å². The lowest BCUT2D eigenvalue weighted by atomic mass is 10.1. The van der Waals surface area contributed by atoms with Gasteiger partial charge in [0.25, 0.3) is 0 Å². The number of carbonyl (C=O) groups excluding carboxylic acids is 1. The largest absolute Gasteiger partial charge is 0.342 e. The molecule has 0 saturated heterocycles. The average molecular weight is 292 g/mol. The van der Waals surface area contributed by atoms with Crippen molar-refractivity contribution in [1.29, 1.82) is 0 Å². The van der Waals surface area contributed by atoms with Crippen LogP contribution in [0, 0.1) is 20.8 Å². The third-order valence-electron chi connectivity index (χ3n) is 3.35. The Morgan fingerprint density at radius 3 is 2.55 bits per heavy atom. The summed E-state index contributed by atoms with van der Waals surface area (Å²) in [6.45, 7) is 8.11. The zero-order valence-electron chi connectivity index (χ0n) is 12.1. The van der Waals surface area contributed by atoms with Crippen LogP contribution in [0.2, 0.25) is 0 Å². The molecule has 0 saturated carbocycles. The van der Waals surface area contributed by atoms with Gasteiger partial charge < -0.3 is 4.57 Å². The molecule has 106 valence electrons. The van der Waals surface area contributed by atoms with Crippen molar-refractivity contribution in [3.8, 4) is 0 Å². The Morgan fingerprint density at radius 1 is 1.30 bits per heavy atom. The summed E-state index contributed by atoms with van der Waals surface area (Å²) in [6.07, 6.45) is 3.51. The predicted octanol–water partition coefficient (Wildman–Crippen LogP) is 3.06. The second kappa shape index (κ2) is 5.75. The molecule has 1 atom stereocenters. The molecule has 20 heavy (non-hydrogen) atoms. The van der Waals surface area contributed by atoms with Crippen LogP contribution in [0.25, 0.3) is 0 Å². The number of carbonyl (C=O) groups is 1. The van der Waals surface area contributed by atoms with Gasteiger partial charge in [-0.1, -0.05) is 0 Å². The first-order chi connectivity index (χ1) is 9.40. The number of aryl methyl sites for hydroxylation is 2. The molecule has 0 fully saturated rings. The number of rotatable bonds is 4. The van der Waals surface area contributed by atoms with Crippen molar-refractivity contribution in [3.05, 3.63) is 46.8 Å². The average Bonchev–Trinajstić information content (AvgIpc) is 2.68. The molecule has 4 nitrogen and oxygen atoms in total. The molecule has 0 spiro atoms. The maximum atomic E-state index is 12.1. The highest BCUT2D eigenvalue weighted by Crippen LogP contribution is 2.19.